The largest absolute Gasteiger partial charge is 0.508 e. The molecule has 1 aliphatic rings. The molecule has 11 heteroatoms. The van der Waals surface area contributed by atoms with Gasteiger partial charge in [0.25, 0.3) is 0 Å². The quantitative estimate of drug-likeness (QED) is 0.284. The Morgan fingerprint density at radius 3 is 2.10 bits per heavy atom. The molecule has 1 aliphatic carbocycles. The summed E-state index contributed by atoms with van der Waals surface area (Å²) in [5.74, 6) is -1.41. The fourth-order valence-corrected chi connectivity index (χ4v) is 4.28. The fraction of sp³-hybridized carbons (Fsp3) is 0.467. The van der Waals surface area contributed by atoms with Crippen molar-refractivity contribution in [2.24, 2.45) is 0 Å². The number of rotatable bonds is 12. The molecule has 2 atom stereocenters. The number of aromatic hydroxyl groups is 2. The van der Waals surface area contributed by atoms with E-state index < -0.39 is 41.6 Å². The van der Waals surface area contributed by atoms with Gasteiger partial charge in [-0.25, -0.2) is 4.79 Å². The van der Waals surface area contributed by atoms with E-state index in [1.165, 1.54) is 29.2 Å². The number of benzene rings is 2. The molecule has 1 fully saturated rings. The van der Waals surface area contributed by atoms with Crippen molar-refractivity contribution in [2.45, 2.75) is 77.1 Å². The second kappa shape index (κ2) is 13.9. The van der Waals surface area contributed by atoms with Gasteiger partial charge in [0.15, 0.2) is 0 Å². The zero-order chi connectivity index (χ0) is 30.2. The van der Waals surface area contributed by atoms with Gasteiger partial charge in [-0.05, 0) is 75.9 Å². The van der Waals surface area contributed by atoms with Crippen LogP contribution in [0.4, 0.5) is 4.79 Å². The van der Waals surface area contributed by atoms with Crippen molar-refractivity contribution in [3.05, 3.63) is 59.7 Å². The molecule has 41 heavy (non-hydrogen) atoms. The first-order chi connectivity index (χ1) is 19.4. The molecule has 0 saturated heterocycles. The van der Waals surface area contributed by atoms with Crippen LogP contribution in [0.15, 0.2) is 48.5 Å². The van der Waals surface area contributed by atoms with Crippen LogP contribution in [0.25, 0.3) is 0 Å². The predicted octanol–water partition coefficient (Wildman–Crippen LogP) is 3.34. The Morgan fingerprint density at radius 1 is 0.976 bits per heavy atom. The first kappa shape index (κ1) is 31.3. The molecule has 0 bridgehead atoms. The van der Waals surface area contributed by atoms with Crippen molar-refractivity contribution in [3.63, 3.8) is 0 Å². The second-order valence-electron chi connectivity index (χ2n) is 10.9. The molecule has 0 aliphatic heterocycles. The van der Waals surface area contributed by atoms with Crippen LogP contribution in [0, 0.1) is 0 Å². The van der Waals surface area contributed by atoms with E-state index in [0.29, 0.717) is 24.0 Å². The molecule has 3 rings (SSSR count). The zero-order valence-electron chi connectivity index (χ0n) is 23.9. The van der Waals surface area contributed by atoms with E-state index in [2.05, 4.69) is 10.6 Å². The number of carbonyl (C=O) groups excluding carboxylic acids is 4. The molecular formula is C30H39N3O8. The van der Waals surface area contributed by atoms with Gasteiger partial charge in [0.1, 0.15) is 29.2 Å². The summed E-state index contributed by atoms with van der Waals surface area (Å²) in [5, 5.41) is 25.0. The SMILES string of the molecule is CCOC(=O)CCNC(=O)C(c1ccc(O)cc1)N(C(=O)C(Cc1ccc(O)cc1)NC(=O)OC(C)(C)C)C1CC1. The van der Waals surface area contributed by atoms with Gasteiger partial charge >= 0.3 is 12.1 Å². The highest BCUT2D eigenvalue weighted by Gasteiger charge is 2.44. The number of phenolic OH excluding ortho intramolecular Hbond substituents is 2. The molecule has 2 aromatic rings. The molecule has 0 heterocycles. The van der Waals surface area contributed by atoms with Crippen molar-refractivity contribution in [2.75, 3.05) is 13.2 Å². The summed E-state index contributed by atoms with van der Waals surface area (Å²) in [5.41, 5.74) is 0.324. The van der Waals surface area contributed by atoms with E-state index in [4.69, 9.17) is 9.47 Å². The number of amides is 3. The van der Waals surface area contributed by atoms with Crippen molar-refractivity contribution < 1.29 is 38.9 Å². The third-order valence-corrected chi connectivity index (χ3v) is 6.23. The van der Waals surface area contributed by atoms with Crippen molar-refractivity contribution in [1.29, 1.82) is 0 Å². The molecule has 222 valence electrons. The van der Waals surface area contributed by atoms with Gasteiger partial charge in [-0.2, -0.15) is 0 Å². The van der Waals surface area contributed by atoms with E-state index in [9.17, 15) is 29.4 Å². The van der Waals surface area contributed by atoms with Crippen LogP contribution in [-0.2, 0) is 30.3 Å². The Bertz CT molecular complexity index is 1200. The lowest BCUT2D eigenvalue weighted by molar-refractivity contribution is -0.144. The fourth-order valence-electron chi connectivity index (χ4n) is 4.28. The normalized spacial score (nSPS) is 14.3. The van der Waals surface area contributed by atoms with Crippen LogP contribution in [0.1, 0.15) is 64.1 Å². The minimum absolute atomic E-state index is 0.00341. The summed E-state index contributed by atoms with van der Waals surface area (Å²) in [6.45, 7) is 7.05. The third-order valence-electron chi connectivity index (χ3n) is 6.23. The van der Waals surface area contributed by atoms with Crippen LogP contribution >= 0.6 is 0 Å². The van der Waals surface area contributed by atoms with Crippen LogP contribution < -0.4 is 10.6 Å². The van der Waals surface area contributed by atoms with Gasteiger partial charge in [0, 0.05) is 19.0 Å². The molecule has 3 amide bonds. The maximum absolute atomic E-state index is 14.3. The standard InChI is InChI=1S/C30H39N3O8/c1-5-40-25(36)16-17-31-27(37)26(20-8-14-23(35)15-9-20)33(21-10-11-21)28(38)24(32-29(39)41-30(2,3)4)18-19-6-12-22(34)13-7-19/h6-9,12-15,21,24,26,34-35H,5,10-11,16-18H2,1-4H3,(H,31,37)(H,32,39). The predicted molar refractivity (Wildman–Crippen MR) is 150 cm³/mol. The molecule has 11 nitrogen and oxygen atoms in total. The lowest BCUT2D eigenvalue weighted by Crippen LogP contribution is -2.54. The summed E-state index contributed by atoms with van der Waals surface area (Å²) in [6, 6.07) is 9.78. The average molecular weight is 570 g/mol. The number of alkyl carbamates (subject to hydrolysis) is 1. The molecular weight excluding hydrogens is 530 g/mol. The molecule has 0 spiro atoms. The van der Waals surface area contributed by atoms with Gasteiger partial charge in [0.2, 0.25) is 11.8 Å². The molecule has 2 unspecified atom stereocenters. The minimum atomic E-state index is -1.10. The third kappa shape index (κ3) is 9.70. The summed E-state index contributed by atoms with van der Waals surface area (Å²) < 4.78 is 10.4. The number of ether oxygens (including phenoxy) is 2. The van der Waals surface area contributed by atoms with Crippen molar-refractivity contribution >= 4 is 23.9 Å². The van der Waals surface area contributed by atoms with Gasteiger partial charge in [-0.15, -0.1) is 0 Å². The smallest absolute Gasteiger partial charge is 0.408 e. The van der Waals surface area contributed by atoms with Crippen LogP contribution in [-0.4, -0.2) is 69.8 Å². The monoisotopic (exact) mass is 569 g/mol. The molecule has 1 saturated carbocycles. The maximum atomic E-state index is 14.3. The maximum Gasteiger partial charge on any atom is 0.408 e. The van der Waals surface area contributed by atoms with Crippen LogP contribution in [0.2, 0.25) is 0 Å². The molecule has 4 N–H and O–H groups in total. The van der Waals surface area contributed by atoms with E-state index in [-0.39, 0.29) is 43.5 Å². The van der Waals surface area contributed by atoms with E-state index in [1.54, 1.807) is 52.0 Å². The van der Waals surface area contributed by atoms with Crippen LogP contribution in [0.3, 0.4) is 0 Å². The van der Waals surface area contributed by atoms with Crippen molar-refractivity contribution in [1.82, 2.24) is 15.5 Å². The van der Waals surface area contributed by atoms with Gasteiger partial charge in [0.05, 0.1) is 13.0 Å². The topological polar surface area (TPSA) is 154 Å². The highest BCUT2D eigenvalue weighted by atomic mass is 16.6. The number of nitrogens with one attached hydrogen (secondary N) is 2. The summed E-state index contributed by atoms with van der Waals surface area (Å²) in [6.07, 6.45) is 0.575. The van der Waals surface area contributed by atoms with Gasteiger partial charge in [-0.1, -0.05) is 24.3 Å². The summed E-state index contributed by atoms with van der Waals surface area (Å²) >= 11 is 0. The lowest BCUT2D eigenvalue weighted by atomic mass is 10.00. The van der Waals surface area contributed by atoms with Gasteiger partial charge in [-0.3, -0.25) is 14.4 Å². The number of phenols is 2. The molecule has 0 aromatic heterocycles. The number of carbonyl (C=O) groups is 4. The number of hydrogen-bond donors (Lipinski definition) is 4. The van der Waals surface area contributed by atoms with Crippen molar-refractivity contribution in [3.8, 4) is 11.5 Å². The number of hydrogen-bond acceptors (Lipinski definition) is 8. The number of esters is 1. The Balaban J connectivity index is 1.94. The summed E-state index contributed by atoms with van der Waals surface area (Å²) in [7, 11) is 0. The first-order valence-electron chi connectivity index (χ1n) is 13.7. The minimum Gasteiger partial charge on any atom is -0.508 e. The second-order valence-corrected chi connectivity index (χ2v) is 10.9. The first-order valence-corrected chi connectivity index (χ1v) is 13.7. The van der Waals surface area contributed by atoms with E-state index in [1.807, 2.05) is 0 Å². The van der Waals surface area contributed by atoms with E-state index >= 15 is 0 Å². The van der Waals surface area contributed by atoms with E-state index in [0.717, 1.165) is 0 Å². The molecule has 0 radical (unpaired) electrons. The number of nitrogens with zero attached hydrogens (tertiary/aromatic N) is 1. The highest BCUT2D eigenvalue weighted by Crippen LogP contribution is 2.36. The lowest BCUT2D eigenvalue weighted by Gasteiger charge is -2.34. The molecule has 2 aromatic carbocycles. The van der Waals surface area contributed by atoms with Crippen LogP contribution in [0.5, 0.6) is 11.5 Å². The highest BCUT2D eigenvalue weighted by molar-refractivity contribution is 5.93. The van der Waals surface area contributed by atoms with Gasteiger partial charge < -0.3 is 35.2 Å². The average Bonchev–Trinajstić information content (AvgIpc) is 3.72. The summed E-state index contributed by atoms with van der Waals surface area (Å²) in [4.78, 5) is 54.0. The Morgan fingerprint density at radius 2 is 1.56 bits per heavy atom. The zero-order valence-corrected chi connectivity index (χ0v) is 23.9. The Kier molecular flexibility index (Phi) is 10.6. The Hall–Kier alpha value is -4.28. The Labute approximate surface area is 239 Å².